The molecule has 90 heavy (non-hydrogen) atoms. The van der Waals surface area contributed by atoms with Crippen LogP contribution in [0.2, 0.25) is 0 Å². The number of ether oxygens (including phenoxy) is 2. The van der Waals surface area contributed by atoms with Gasteiger partial charge in [0.05, 0.1) is 6.61 Å². The second kappa shape index (κ2) is 81.2. The zero-order valence-corrected chi connectivity index (χ0v) is 61.7. The van der Waals surface area contributed by atoms with Crippen molar-refractivity contribution in [1.29, 1.82) is 0 Å². The van der Waals surface area contributed by atoms with Crippen molar-refractivity contribution in [3.05, 3.63) is 0 Å². The highest BCUT2D eigenvalue weighted by Gasteiger charge is 2.19. The maximum Gasteiger partial charge on any atom is 0.306 e. The van der Waals surface area contributed by atoms with Crippen molar-refractivity contribution in [2.45, 2.75) is 477 Å². The summed E-state index contributed by atoms with van der Waals surface area (Å²) in [5.41, 5.74) is 5.84. The molecule has 0 aromatic rings. The minimum absolute atomic E-state index is 0.103. The van der Waals surface area contributed by atoms with Crippen LogP contribution in [0, 0.1) is 5.92 Å². The van der Waals surface area contributed by atoms with E-state index in [1.165, 1.54) is 315 Å². The molecule has 538 valence electrons. The minimum atomic E-state index is -0.817. The molecular weight excluding hydrogens is 1110 g/mol. The van der Waals surface area contributed by atoms with E-state index in [4.69, 9.17) is 20.3 Å². The Labute approximate surface area is 562 Å². The number of hydrogen-bond acceptors (Lipinski definition) is 8. The average molecular weight is 1280 g/mol. The van der Waals surface area contributed by atoms with E-state index >= 15 is 0 Å². The number of carbonyl (C=O) groups is 4. The van der Waals surface area contributed by atoms with E-state index in [9.17, 15) is 24.3 Å². The van der Waals surface area contributed by atoms with Gasteiger partial charge in [-0.1, -0.05) is 388 Å². The summed E-state index contributed by atoms with van der Waals surface area (Å²) in [4.78, 5) is 48.5. The SMILES string of the molecule is CCCCCCCCCC(N)CC.CCCCCCCCCCCCCCCC(=O)OC(CO)COC(=O)CCCCC(CCCCCCCCCC)C(=O)CCCCCCCCCCCCCCC.CCCCCCCCCCCCCCCCCC(=O)O. The molecule has 0 radical (unpaired) electrons. The Kier molecular flexibility index (Phi) is 83.2. The van der Waals surface area contributed by atoms with E-state index in [1.807, 2.05) is 0 Å². The molecule has 0 aromatic heterocycles. The fourth-order valence-corrected chi connectivity index (χ4v) is 12.3. The standard InChI is InChI=1S/C51H98O6.C18H36O2.C12H27N/c1-4-7-10-13-16-19-21-23-25-27-30-33-36-42-49(53)47(40-35-32-29-18-15-12-9-6-3)41-38-39-43-50(54)56-46-48(45-52)57-51(55)44-37-34-31-28-26-24-22-20-17-14-11-8-5-2;1-2-3-4-5-6-7-8-9-10-11-12-13-14-15-16-17-18(19)20;1-3-5-6-7-8-9-10-11-12(13)4-2/h47-48,52H,4-46H2,1-3H3;2-17H2,1H3,(H,19,20);12H,3-11,13H2,1-2H3. The lowest BCUT2D eigenvalue weighted by molar-refractivity contribution is -0.161. The average Bonchev–Trinajstić information content (AvgIpc) is 3.76. The highest BCUT2D eigenvalue weighted by Crippen LogP contribution is 2.24. The molecule has 4 N–H and O–H groups in total. The smallest absolute Gasteiger partial charge is 0.306 e. The van der Waals surface area contributed by atoms with E-state index < -0.39 is 12.1 Å². The molecule has 0 heterocycles. The Balaban J connectivity index is -0.00000185. The molecule has 9 nitrogen and oxygen atoms in total. The van der Waals surface area contributed by atoms with Crippen LogP contribution < -0.4 is 5.73 Å². The molecule has 0 rings (SSSR count). The van der Waals surface area contributed by atoms with Crippen LogP contribution in [0.15, 0.2) is 0 Å². The van der Waals surface area contributed by atoms with E-state index in [0.717, 1.165) is 77.0 Å². The van der Waals surface area contributed by atoms with Crippen LogP contribution in [0.4, 0.5) is 0 Å². The predicted octanol–water partition coefficient (Wildman–Crippen LogP) is 25.9. The molecule has 0 aliphatic heterocycles. The summed E-state index contributed by atoms with van der Waals surface area (Å²) in [6, 6.07) is 0.454. The summed E-state index contributed by atoms with van der Waals surface area (Å²) in [7, 11) is 0. The quantitative estimate of drug-likeness (QED) is 0.0399. The second-order valence-electron chi connectivity index (χ2n) is 27.8. The topological polar surface area (TPSA) is 153 Å². The molecule has 0 amide bonds. The molecule has 0 saturated heterocycles. The Morgan fingerprint density at radius 2 is 0.556 bits per heavy atom. The number of carbonyl (C=O) groups excluding carboxylic acids is 3. The van der Waals surface area contributed by atoms with Gasteiger partial charge >= 0.3 is 17.9 Å². The van der Waals surface area contributed by atoms with Gasteiger partial charge in [-0.15, -0.1) is 0 Å². The normalized spacial score (nSPS) is 12.2. The van der Waals surface area contributed by atoms with Gasteiger partial charge in [-0.3, -0.25) is 19.2 Å². The predicted molar refractivity (Wildman–Crippen MR) is 391 cm³/mol. The summed E-state index contributed by atoms with van der Waals surface area (Å²) in [6.45, 7) is 13.0. The lowest BCUT2D eigenvalue weighted by Crippen LogP contribution is -2.28. The van der Waals surface area contributed by atoms with Crippen molar-refractivity contribution in [2.24, 2.45) is 11.7 Å². The number of aliphatic hydroxyl groups excluding tert-OH is 1. The highest BCUT2D eigenvalue weighted by atomic mass is 16.6. The van der Waals surface area contributed by atoms with Gasteiger partial charge in [0.15, 0.2) is 6.10 Å². The van der Waals surface area contributed by atoms with E-state index in [1.54, 1.807) is 0 Å². The third-order valence-electron chi connectivity index (χ3n) is 18.7. The van der Waals surface area contributed by atoms with E-state index in [0.29, 0.717) is 37.5 Å². The largest absolute Gasteiger partial charge is 0.481 e. The monoisotopic (exact) mass is 1280 g/mol. The van der Waals surface area contributed by atoms with Crippen LogP contribution in [-0.4, -0.2) is 59.3 Å². The lowest BCUT2D eigenvalue weighted by atomic mass is 9.88. The van der Waals surface area contributed by atoms with Gasteiger partial charge in [0.2, 0.25) is 0 Å². The number of hydrogen-bond donors (Lipinski definition) is 3. The summed E-state index contributed by atoms with van der Waals surface area (Å²) < 4.78 is 10.8. The molecule has 0 saturated carbocycles. The number of carboxylic acid groups (broad SMARTS) is 1. The molecule has 0 aliphatic carbocycles. The summed E-state index contributed by atoms with van der Waals surface area (Å²) >= 11 is 0. The van der Waals surface area contributed by atoms with Crippen molar-refractivity contribution in [3.8, 4) is 0 Å². The molecule has 0 spiro atoms. The van der Waals surface area contributed by atoms with Crippen LogP contribution in [0.5, 0.6) is 0 Å². The van der Waals surface area contributed by atoms with Gasteiger partial charge in [0.25, 0.3) is 0 Å². The second-order valence-corrected chi connectivity index (χ2v) is 27.8. The van der Waals surface area contributed by atoms with Crippen LogP contribution >= 0.6 is 0 Å². The summed E-state index contributed by atoms with van der Waals surface area (Å²) in [5.74, 6) is -0.792. The number of Topliss-reactive ketones (excluding diaryl/α,β-unsaturated/α-hetero) is 1. The van der Waals surface area contributed by atoms with Gasteiger partial charge in [0.1, 0.15) is 12.4 Å². The number of esters is 2. The number of aliphatic hydroxyl groups is 1. The van der Waals surface area contributed by atoms with Crippen molar-refractivity contribution in [1.82, 2.24) is 0 Å². The number of nitrogens with two attached hydrogens (primary N) is 1. The maximum absolute atomic E-state index is 13.3. The van der Waals surface area contributed by atoms with Crippen molar-refractivity contribution >= 4 is 23.7 Å². The number of ketones is 1. The molecule has 0 aromatic carbocycles. The molecular formula is C81H161NO8. The maximum atomic E-state index is 13.3. The third kappa shape index (κ3) is 80.2. The Morgan fingerprint density at radius 1 is 0.311 bits per heavy atom. The first kappa shape index (κ1) is 92.2. The highest BCUT2D eigenvalue weighted by molar-refractivity contribution is 5.80. The van der Waals surface area contributed by atoms with Gasteiger partial charge in [-0.25, -0.2) is 0 Å². The van der Waals surface area contributed by atoms with E-state index in [-0.39, 0.29) is 37.5 Å². The van der Waals surface area contributed by atoms with Crippen LogP contribution in [0.3, 0.4) is 0 Å². The number of aliphatic carboxylic acids is 1. The Hall–Kier alpha value is -2.00. The first-order chi connectivity index (χ1) is 44.1. The molecule has 3 unspecified atom stereocenters. The zero-order chi connectivity index (χ0) is 66.5. The molecule has 0 aliphatic rings. The van der Waals surface area contributed by atoms with Crippen LogP contribution in [-0.2, 0) is 28.7 Å². The fourth-order valence-electron chi connectivity index (χ4n) is 12.3. The van der Waals surface area contributed by atoms with Crippen molar-refractivity contribution < 1.29 is 38.9 Å². The zero-order valence-electron chi connectivity index (χ0n) is 61.7. The molecule has 9 heteroatoms. The van der Waals surface area contributed by atoms with Gasteiger partial charge in [0, 0.05) is 37.6 Å². The summed E-state index contributed by atoms with van der Waals surface area (Å²) in [5, 5.41) is 18.2. The first-order valence-electron chi connectivity index (χ1n) is 40.5. The Morgan fingerprint density at radius 3 is 0.856 bits per heavy atom. The third-order valence-corrected chi connectivity index (χ3v) is 18.7. The van der Waals surface area contributed by atoms with Crippen molar-refractivity contribution in [3.63, 3.8) is 0 Å². The Bertz CT molecular complexity index is 1410. The lowest BCUT2D eigenvalue weighted by Gasteiger charge is -2.17. The summed E-state index contributed by atoms with van der Waals surface area (Å²) in [6.07, 6.45) is 79.6. The van der Waals surface area contributed by atoms with Gasteiger partial charge in [-0.05, 0) is 51.4 Å². The first-order valence-corrected chi connectivity index (χ1v) is 40.5. The number of rotatable bonds is 72. The molecule has 0 bridgehead atoms. The van der Waals surface area contributed by atoms with Gasteiger partial charge < -0.3 is 25.4 Å². The minimum Gasteiger partial charge on any atom is -0.481 e. The molecule has 3 atom stereocenters. The number of unbranched alkanes of at least 4 members (excludes halogenated alkanes) is 52. The van der Waals surface area contributed by atoms with E-state index in [2.05, 4.69) is 41.5 Å². The molecule has 0 fully saturated rings. The number of carboxylic acids is 1. The van der Waals surface area contributed by atoms with Crippen molar-refractivity contribution in [2.75, 3.05) is 13.2 Å². The van der Waals surface area contributed by atoms with Gasteiger partial charge in [-0.2, -0.15) is 0 Å². The van der Waals surface area contributed by atoms with Crippen LogP contribution in [0.25, 0.3) is 0 Å². The van der Waals surface area contributed by atoms with Crippen LogP contribution in [0.1, 0.15) is 465 Å². The fraction of sp³-hybridized carbons (Fsp3) is 0.951.